The summed E-state index contributed by atoms with van der Waals surface area (Å²) in [6, 6.07) is -0.497. The van der Waals surface area contributed by atoms with E-state index < -0.39 is 17.5 Å². The summed E-state index contributed by atoms with van der Waals surface area (Å²) in [5.74, 6) is -0.489. The molecule has 0 unspecified atom stereocenters. The van der Waals surface area contributed by atoms with Crippen LogP contribution in [0, 0.1) is 5.41 Å². The van der Waals surface area contributed by atoms with Crippen molar-refractivity contribution >= 4 is 11.9 Å². The number of fused-ring (bicyclic) bond motifs is 4. The van der Waals surface area contributed by atoms with Crippen LogP contribution < -0.4 is 11.5 Å². The first-order valence-electron chi connectivity index (χ1n) is 9.75. The smallest absolute Gasteiger partial charge is 0.315 e. The molecule has 3 aliphatic carbocycles. The summed E-state index contributed by atoms with van der Waals surface area (Å²) in [6.45, 7) is 5.09. The van der Waals surface area contributed by atoms with Crippen LogP contribution in [0.2, 0.25) is 0 Å². The van der Waals surface area contributed by atoms with Crippen molar-refractivity contribution in [2.45, 2.75) is 76.5 Å². The minimum absolute atomic E-state index is 0.0518. The van der Waals surface area contributed by atoms with Gasteiger partial charge in [0.1, 0.15) is 0 Å². The van der Waals surface area contributed by atoms with Gasteiger partial charge in [-0.05, 0) is 57.8 Å². The van der Waals surface area contributed by atoms with Gasteiger partial charge in [0.25, 0.3) is 5.91 Å². The van der Waals surface area contributed by atoms with Crippen LogP contribution in [0.3, 0.4) is 0 Å². The number of carbonyl (C=O) groups is 2. The average molecular weight is 375 g/mol. The molecular weight excluding hydrogens is 346 g/mol. The van der Waals surface area contributed by atoms with E-state index in [1.807, 2.05) is 18.5 Å². The molecule has 4 aliphatic rings. The van der Waals surface area contributed by atoms with Gasteiger partial charge >= 0.3 is 6.03 Å². The first kappa shape index (κ1) is 18.3. The lowest BCUT2D eigenvalue weighted by Gasteiger charge is -2.57. The highest BCUT2D eigenvalue weighted by Gasteiger charge is 2.56. The Morgan fingerprint density at radius 3 is 2.15 bits per heavy atom. The standard InChI is InChI=1S/C19H29N5O3/c1-17(2,27)19-6-3-18(4-7-19,5-8-19)14-13(15(20)25)12-11-23(16(21)26)9-10-24(12)22-14/h27H,3-11H2,1-2H3,(H2,20,25)(H2,21,26). The van der Waals surface area contributed by atoms with Crippen LogP contribution in [0.15, 0.2) is 0 Å². The summed E-state index contributed by atoms with van der Waals surface area (Å²) in [5.41, 5.74) is 12.2. The van der Waals surface area contributed by atoms with E-state index in [1.165, 1.54) is 4.90 Å². The molecular formula is C19H29N5O3. The molecule has 8 heteroatoms. The van der Waals surface area contributed by atoms with Crippen LogP contribution >= 0.6 is 0 Å². The van der Waals surface area contributed by atoms with Gasteiger partial charge in [-0.1, -0.05) is 0 Å². The molecule has 148 valence electrons. The van der Waals surface area contributed by atoms with Crippen molar-refractivity contribution in [3.05, 3.63) is 17.0 Å². The van der Waals surface area contributed by atoms with Crippen LogP contribution in [0.25, 0.3) is 0 Å². The van der Waals surface area contributed by atoms with Gasteiger partial charge in [-0.15, -0.1) is 0 Å². The lowest BCUT2D eigenvalue weighted by atomic mass is 9.48. The molecule has 1 aromatic heterocycles. The van der Waals surface area contributed by atoms with Gasteiger partial charge in [0, 0.05) is 12.0 Å². The fraction of sp³-hybridized carbons (Fsp3) is 0.737. The Morgan fingerprint density at radius 2 is 1.67 bits per heavy atom. The summed E-state index contributed by atoms with van der Waals surface area (Å²) in [6.07, 6.45) is 5.45. The first-order chi connectivity index (χ1) is 12.6. The van der Waals surface area contributed by atoms with Gasteiger partial charge in [0.2, 0.25) is 0 Å². The molecule has 0 saturated heterocycles. The third kappa shape index (κ3) is 2.56. The number of urea groups is 1. The number of rotatable bonds is 3. The quantitative estimate of drug-likeness (QED) is 0.734. The normalized spacial score (nSPS) is 30.3. The summed E-state index contributed by atoms with van der Waals surface area (Å²) < 4.78 is 1.83. The zero-order chi connectivity index (χ0) is 19.6. The number of hydrogen-bond donors (Lipinski definition) is 3. The van der Waals surface area contributed by atoms with Crippen molar-refractivity contribution in [3.63, 3.8) is 0 Å². The molecule has 5 N–H and O–H groups in total. The Kier molecular flexibility index (Phi) is 3.86. The van der Waals surface area contributed by atoms with Gasteiger partial charge in [-0.3, -0.25) is 9.48 Å². The highest BCUT2D eigenvalue weighted by Crippen LogP contribution is 2.61. The van der Waals surface area contributed by atoms with Crippen molar-refractivity contribution in [2.24, 2.45) is 16.9 Å². The van der Waals surface area contributed by atoms with Gasteiger partial charge in [-0.2, -0.15) is 5.10 Å². The number of carbonyl (C=O) groups excluding carboxylic acids is 2. The van der Waals surface area contributed by atoms with Crippen LogP contribution in [0.1, 0.15) is 74.1 Å². The van der Waals surface area contributed by atoms with Crippen LogP contribution in [-0.4, -0.2) is 43.9 Å². The largest absolute Gasteiger partial charge is 0.390 e. The number of hydrogen-bond acceptors (Lipinski definition) is 4. The predicted octanol–water partition coefficient (Wildman–Crippen LogP) is 1.24. The second-order valence-electron chi connectivity index (χ2n) is 9.14. The number of aromatic nitrogens is 2. The van der Waals surface area contributed by atoms with E-state index in [2.05, 4.69) is 0 Å². The maximum Gasteiger partial charge on any atom is 0.315 e. The Morgan fingerprint density at radius 1 is 1.07 bits per heavy atom. The number of primary amides is 2. The van der Waals surface area contributed by atoms with Gasteiger partial charge < -0.3 is 21.5 Å². The third-order valence-corrected chi connectivity index (χ3v) is 7.58. The van der Waals surface area contributed by atoms with E-state index in [4.69, 9.17) is 16.6 Å². The molecule has 3 saturated carbocycles. The molecule has 2 bridgehead atoms. The topological polar surface area (TPSA) is 127 Å². The summed E-state index contributed by atoms with van der Waals surface area (Å²) in [4.78, 5) is 25.5. The zero-order valence-electron chi connectivity index (χ0n) is 16.1. The molecule has 8 nitrogen and oxygen atoms in total. The van der Waals surface area contributed by atoms with Gasteiger partial charge in [0.05, 0.1) is 35.6 Å². The zero-order valence-corrected chi connectivity index (χ0v) is 16.1. The van der Waals surface area contributed by atoms with E-state index in [1.54, 1.807) is 0 Å². The average Bonchev–Trinajstić information content (AvgIpc) is 3.02. The van der Waals surface area contributed by atoms with E-state index >= 15 is 0 Å². The predicted molar refractivity (Wildman–Crippen MR) is 98.8 cm³/mol. The highest BCUT2D eigenvalue weighted by atomic mass is 16.3. The number of amides is 3. The molecule has 27 heavy (non-hydrogen) atoms. The molecule has 0 radical (unpaired) electrons. The number of nitrogens with two attached hydrogens (primary N) is 2. The van der Waals surface area contributed by atoms with Crippen molar-refractivity contribution in [2.75, 3.05) is 6.54 Å². The Labute approximate surface area is 158 Å². The van der Waals surface area contributed by atoms with Gasteiger partial charge in [-0.25, -0.2) is 4.79 Å². The molecule has 0 spiro atoms. The third-order valence-electron chi connectivity index (χ3n) is 7.58. The highest BCUT2D eigenvalue weighted by molar-refractivity contribution is 5.95. The molecule has 0 atom stereocenters. The SMILES string of the molecule is CC(C)(O)C12CCC(c3nn4c(c3C(N)=O)CN(C(N)=O)CC4)(CC1)CC2. The maximum absolute atomic E-state index is 12.4. The van der Waals surface area contributed by atoms with Crippen molar-refractivity contribution in [1.82, 2.24) is 14.7 Å². The second kappa shape index (κ2) is 5.70. The Balaban J connectivity index is 1.72. The second-order valence-corrected chi connectivity index (χ2v) is 9.14. The van der Waals surface area contributed by atoms with Gasteiger partial charge in [0.15, 0.2) is 0 Å². The molecule has 2 heterocycles. The van der Waals surface area contributed by atoms with Crippen molar-refractivity contribution < 1.29 is 14.7 Å². The molecule has 1 aromatic rings. The summed E-state index contributed by atoms with van der Waals surface area (Å²) >= 11 is 0. The Hall–Kier alpha value is -2.09. The molecule has 0 aromatic carbocycles. The summed E-state index contributed by atoms with van der Waals surface area (Å²) in [7, 11) is 0. The fourth-order valence-electron chi connectivity index (χ4n) is 5.59. The molecule has 3 fully saturated rings. The minimum Gasteiger partial charge on any atom is -0.390 e. The van der Waals surface area contributed by atoms with E-state index in [-0.39, 0.29) is 17.4 Å². The van der Waals surface area contributed by atoms with E-state index in [0.29, 0.717) is 24.3 Å². The number of nitrogens with zero attached hydrogens (tertiary/aromatic N) is 3. The van der Waals surface area contributed by atoms with Crippen molar-refractivity contribution in [3.8, 4) is 0 Å². The van der Waals surface area contributed by atoms with Crippen LogP contribution in [-0.2, 0) is 18.5 Å². The monoisotopic (exact) mass is 375 g/mol. The summed E-state index contributed by atoms with van der Waals surface area (Å²) in [5, 5.41) is 15.5. The minimum atomic E-state index is -0.707. The maximum atomic E-state index is 12.4. The lowest BCUT2D eigenvalue weighted by molar-refractivity contribution is -0.120. The van der Waals surface area contributed by atoms with Crippen molar-refractivity contribution in [1.29, 1.82) is 0 Å². The van der Waals surface area contributed by atoms with Crippen LogP contribution in [0.5, 0.6) is 0 Å². The fourth-order valence-corrected chi connectivity index (χ4v) is 5.59. The molecule has 5 rings (SSSR count). The number of aliphatic hydroxyl groups is 1. The lowest BCUT2D eigenvalue weighted by Crippen LogP contribution is -2.54. The molecule has 3 amide bonds. The van der Waals surface area contributed by atoms with Crippen LogP contribution in [0.4, 0.5) is 4.79 Å². The molecule has 1 aliphatic heterocycles. The Bertz CT molecular complexity index is 782. The van der Waals surface area contributed by atoms with E-state index in [9.17, 15) is 14.7 Å². The first-order valence-corrected chi connectivity index (χ1v) is 9.75. The van der Waals surface area contributed by atoms with E-state index in [0.717, 1.165) is 44.2 Å².